The summed E-state index contributed by atoms with van der Waals surface area (Å²) in [4.78, 5) is 33.5. The molecule has 0 bridgehead atoms. The zero-order chi connectivity index (χ0) is 18.6. The van der Waals surface area contributed by atoms with E-state index in [0.29, 0.717) is 11.3 Å². The van der Waals surface area contributed by atoms with Gasteiger partial charge in [-0.2, -0.15) is 0 Å². The fraction of sp³-hybridized carbons (Fsp3) is 0.238. The zero-order valence-electron chi connectivity index (χ0n) is 14.8. The van der Waals surface area contributed by atoms with Gasteiger partial charge in [0.2, 0.25) is 0 Å². The molecule has 2 aromatic heterocycles. The molecule has 2 N–H and O–H groups in total. The lowest BCUT2D eigenvalue weighted by Gasteiger charge is -2.12. The van der Waals surface area contributed by atoms with Crippen LogP contribution < -0.4 is 10.6 Å². The molecule has 0 radical (unpaired) electrons. The van der Waals surface area contributed by atoms with Crippen molar-refractivity contribution in [2.75, 3.05) is 5.32 Å². The van der Waals surface area contributed by atoms with Crippen LogP contribution in [0, 0.1) is 0 Å². The Morgan fingerprint density at radius 2 is 1.74 bits per heavy atom. The van der Waals surface area contributed by atoms with Crippen molar-refractivity contribution in [3.8, 4) is 0 Å². The van der Waals surface area contributed by atoms with Crippen LogP contribution in [0.4, 0.5) is 5.69 Å². The lowest BCUT2D eigenvalue weighted by Crippen LogP contribution is -2.33. The molecule has 2 amide bonds. The Morgan fingerprint density at radius 3 is 2.59 bits per heavy atom. The number of rotatable bonds is 4. The summed E-state index contributed by atoms with van der Waals surface area (Å²) in [5.41, 5.74) is 1.99. The molecular formula is C21H20N4O2. The third kappa shape index (κ3) is 3.79. The number of aromatic nitrogens is 2. The molecule has 0 spiro atoms. The van der Waals surface area contributed by atoms with Gasteiger partial charge in [-0.05, 0) is 37.1 Å². The summed E-state index contributed by atoms with van der Waals surface area (Å²) in [6, 6.07) is 12.7. The van der Waals surface area contributed by atoms with Crippen molar-refractivity contribution in [3.63, 3.8) is 0 Å². The van der Waals surface area contributed by atoms with E-state index in [-0.39, 0.29) is 23.6 Å². The molecule has 1 fully saturated rings. The fourth-order valence-corrected chi connectivity index (χ4v) is 3.43. The van der Waals surface area contributed by atoms with E-state index in [1.807, 2.05) is 30.3 Å². The highest BCUT2D eigenvalue weighted by Crippen LogP contribution is 2.21. The molecule has 6 nitrogen and oxygen atoms in total. The predicted octanol–water partition coefficient (Wildman–Crippen LogP) is 3.55. The van der Waals surface area contributed by atoms with Gasteiger partial charge in [-0.3, -0.25) is 19.6 Å². The molecule has 4 rings (SSSR count). The van der Waals surface area contributed by atoms with Crippen LogP contribution in [0.15, 0.2) is 54.9 Å². The van der Waals surface area contributed by atoms with Gasteiger partial charge < -0.3 is 10.6 Å². The fourth-order valence-electron chi connectivity index (χ4n) is 3.43. The number of pyridine rings is 2. The van der Waals surface area contributed by atoms with E-state index in [2.05, 4.69) is 20.6 Å². The van der Waals surface area contributed by atoms with Crippen molar-refractivity contribution in [2.24, 2.45) is 0 Å². The number of nitrogens with zero attached hydrogens (tertiary/aromatic N) is 2. The van der Waals surface area contributed by atoms with Crippen LogP contribution >= 0.6 is 0 Å². The lowest BCUT2D eigenvalue weighted by molar-refractivity contribution is 0.0933. The summed E-state index contributed by atoms with van der Waals surface area (Å²) in [6.45, 7) is 0. The number of carbonyl (C=O) groups excluding carboxylic acids is 2. The summed E-state index contributed by atoms with van der Waals surface area (Å²) < 4.78 is 0. The van der Waals surface area contributed by atoms with E-state index in [1.165, 1.54) is 12.3 Å². The van der Waals surface area contributed by atoms with Crippen LogP contribution in [0.25, 0.3) is 10.9 Å². The predicted molar refractivity (Wildman–Crippen MR) is 104 cm³/mol. The summed E-state index contributed by atoms with van der Waals surface area (Å²) in [7, 11) is 0. The molecule has 3 aromatic rings. The maximum Gasteiger partial charge on any atom is 0.270 e. The molecule has 1 aliphatic rings. The quantitative estimate of drug-likeness (QED) is 0.745. The van der Waals surface area contributed by atoms with Gasteiger partial charge >= 0.3 is 0 Å². The average molecular weight is 360 g/mol. The van der Waals surface area contributed by atoms with Crippen LogP contribution in [0.2, 0.25) is 0 Å². The van der Waals surface area contributed by atoms with Gasteiger partial charge in [0, 0.05) is 29.4 Å². The molecule has 136 valence electrons. The molecule has 0 saturated heterocycles. The van der Waals surface area contributed by atoms with Crippen LogP contribution in [0.5, 0.6) is 0 Å². The second kappa shape index (κ2) is 7.53. The van der Waals surface area contributed by atoms with E-state index in [0.717, 1.165) is 36.6 Å². The molecule has 2 heterocycles. The Hall–Kier alpha value is -3.28. The maximum absolute atomic E-state index is 12.7. The molecule has 1 saturated carbocycles. The summed E-state index contributed by atoms with van der Waals surface area (Å²) in [6.07, 6.45) is 7.45. The SMILES string of the molecule is O=C(Nc1cccc2cccnc12)c1ccnc(C(=O)NC2CCCC2)c1. The second-order valence-electron chi connectivity index (χ2n) is 6.72. The van der Waals surface area contributed by atoms with Crippen LogP contribution in [-0.2, 0) is 0 Å². The lowest BCUT2D eigenvalue weighted by atomic mass is 10.1. The van der Waals surface area contributed by atoms with Crippen molar-refractivity contribution in [3.05, 3.63) is 66.1 Å². The minimum absolute atomic E-state index is 0.207. The highest BCUT2D eigenvalue weighted by Gasteiger charge is 2.19. The average Bonchev–Trinajstić information content (AvgIpc) is 3.21. The number of para-hydroxylation sites is 1. The van der Waals surface area contributed by atoms with Gasteiger partial charge in [-0.25, -0.2) is 0 Å². The largest absolute Gasteiger partial charge is 0.348 e. The number of hydrogen-bond acceptors (Lipinski definition) is 4. The number of fused-ring (bicyclic) bond motifs is 1. The second-order valence-corrected chi connectivity index (χ2v) is 6.72. The Kier molecular flexibility index (Phi) is 4.78. The van der Waals surface area contributed by atoms with Crippen LogP contribution in [0.1, 0.15) is 46.5 Å². The highest BCUT2D eigenvalue weighted by atomic mass is 16.2. The smallest absolute Gasteiger partial charge is 0.270 e. The first-order valence-electron chi connectivity index (χ1n) is 9.13. The molecule has 27 heavy (non-hydrogen) atoms. The molecule has 0 atom stereocenters. The first-order valence-corrected chi connectivity index (χ1v) is 9.13. The normalized spacial score (nSPS) is 14.2. The Labute approximate surface area is 157 Å². The summed E-state index contributed by atoms with van der Waals surface area (Å²) in [5.74, 6) is -0.533. The Balaban J connectivity index is 1.52. The molecule has 6 heteroatoms. The monoisotopic (exact) mass is 360 g/mol. The van der Waals surface area contributed by atoms with Crippen molar-refractivity contribution >= 4 is 28.4 Å². The van der Waals surface area contributed by atoms with Gasteiger partial charge in [0.1, 0.15) is 5.69 Å². The van der Waals surface area contributed by atoms with E-state index in [1.54, 1.807) is 12.3 Å². The topological polar surface area (TPSA) is 84.0 Å². The third-order valence-electron chi connectivity index (χ3n) is 4.83. The molecule has 0 aliphatic heterocycles. The molecule has 0 unspecified atom stereocenters. The van der Waals surface area contributed by atoms with Crippen LogP contribution in [0.3, 0.4) is 0 Å². The van der Waals surface area contributed by atoms with Gasteiger partial charge in [0.15, 0.2) is 0 Å². The van der Waals surface area contributed by atoms with Gasteiger partial charge in [0.25, 0.3) is 11.8 Å². The standard InChI is InChI=1S/C21H20N4O2/c26-20(25-17-9-3-5-14-6-4-11-23-19(14)17)15-10-12-22-18(13-15)21(27)24-16-7-1-2-8-16/h3-6,9-13,16H,1-2,7-8H2,(H,24,27)(H,25,26). The van der Waals surface area contributed by atoms with E-state index < -0.39 is 0 Å². The van der Waals surface area contributed by atoms with Crippen LogP contribution in [-0.4, -0.2) is 27.8 Å². The first-order chi connectivity index (χ1) is 13.2. The molecular weight excluding hydrogens is 340 g/mol. The van der Waals surface area contributed by atoms with Crippen molar-refractivity contribution < 1.29 is 9.59 Å². The number of anilines is 1. The minimum atomic E-state index is -0.300. The molecule has 1 aromatic carbocycles. The van der Waals surface area contributed by atoms with Gasteiger partial charge in [0.05, 0.1) is 11.2 Å². The van der Waals surface area contributed by atoms with Crippen molar-refractivity contribution in [1.82, 2.24) is 15.3 Å². The van der Waals surface area contributed by atoms with Gasteiger partial charge in [-0.15, -0.1) is 0 Å². The Bertz CT molecular complexity index is 991. The number of nitrogens with one attached hydrogen (secondary N) is 2. The van der Waals surface area contributed by atoms with E-state index in [4.69, 9.17) is 0 Å². The van der Waals surface area contributed by atoms with E-state index in [9.17, 15) is 9.59 Å². The third-order valence-corrected chi connectivity index (χ3v) is 4.83. The zero-order valence-corrected chi connectivity index (χ0v) is 14.8. The summed E-state index contributed by atoms with van der Waals surface area (Å²) >= 11 is 0. The van der Waals surface area contributed by atoms with Gasteiger partial charge in [-0.1, -0.05) is 31.0 Å². The highest BCUT2D eigenvalue weighted by molar-refractivity contribution is 6.09. The number of amides is 2. The first kappa shape index (κ1) is 17.1. The van der Waals surface area contributed by atoms with Crippen molar-refractivity contribution in [1.29, 1.82) is 0 Å². The minimum Gasteiger partial charge on any atom is -0.348 e. The molecule has 1 aliphatic carbocycles. The number of carbonyl (C=O) groups is 2. The number of hydrogen-bond donors (Lipinski definition) is 2. The maximum atomic E-state index is 12.7. The Morgan fingerprint density at radius 1 is 0.926 bits per heavy atom. The van der Waals surface area contributed by atoms with Crippen molar-refractivity contribution in [2.45, 2.75) is 31.7 Å². The number of benzene rings is 1. The van der Waals surface area contributed by atoms with E-state index >= 15 is 0 Å². The summed E-state index contributed by atoms with van der Waals surface area (Å²) in [5, 5.41) is 6.82.